The van der Waals surface area contributed by atoms with Gasteiger partial charge in [0.1, 0.15) is 0 Å². The van der Waals surface area contributed by atoms with Crippen LogP contribution in [0.1, 0.15) is 20.8 Å². The Hall–Kier alpha value is 0.467. The molecule has 1 unspecified atom stereocenters. The molecule has 1 atom stereocenters. The Kier molecular flexibility index (Phi) is 3.78. The minimum Gasteiger partial charge on any atom is -0.409 e. The third kappa shape index (κ3) is 6.35. The number of halogens is 1. The van der Waals surface area contributed by atoms with E-state index in [1.54, 1.807) is 7.11 Å². The van der Waals surface area contributed by atoms with Gasteiger partial charge >= 0.3 is 0 Å². The van der Waals surface area contributed by atoms with Crippen LogP contribution in [0, 0.1) is 5.41 Å². The molecule has 0 N–H and O–H groups in total. The summed E-state index contributed by atoms with van der Waals surface area (Å²) in [7, 11) is 0.356. The van der Waals surface area contributed by atoms with Gasteiger partial charge in [0.05, 0.1) is 0 Å². The van der Waals surface area contributed by atoms with Crippen molar-refractivity contribution < 1.29 is 4.43 Å². The molecule has 0 aliphatic rings. The SMILES string of the molecule is CO[SiH](Cl)CC(C)(C)C. The highest BCUT2D eigenvalue weighted by molar-refractivity contribution is 7.03. The average molecular weight is 167 g/mol. The van der Waals surface area contributed by atoms with E-state index in [2.05, 4.69) is 20.8 Å². The van der Waals surface area contributed by atoms with Gasteiger partial charge in [-0.15, -0.1) is 11.1 Å². The second-order valence-electron chi connectivity index (χ2n) is 3.41. The zero-order chi connectivity index (χ0) is 7.49. The van der Waals surface area contributed by atoms with Crippen LogP contribution in [0.25, 0.3) is 0 Å². The van der Waals surface area contributed by atoms with E-state index >= 15 is 0 Å². The number of hydrogen-bond donors (Lipinski definition) is 0. The first-order chi connectivity index (χ1) is 3.95. The van der Waals surface area contributed by atoms with Gasteiger partial charge in [0.15, 0.2) is 0 Å². The van der Waals surface area contributed by atoms with Crippen molar-refractivity contribution >= 4 is 19.4 Å². The van der Waals surface area contributed by atoms with E-state index in [-0.39, 0.29) is 0 Å². The Morgan fingerprint density at radius 3 is 2.00 bits per heavy atom. The minimum atomic E-state index is -1.33. The molecule has 1 nitrogen and oxygen atoms in total. The first kappa shape index (κ1) is 9.47. The summed E-state index contributed by atoms with van der Waals surface area (Å²) in [6.45, 7) is 6.52. The summed E-state index contributed by atoms with van der Waals surface area (Å²) in [5, 5.41) is 0. The van der Waals surface area contributed by atoms with Crippen LogP contribution in [0.5, 0.6) is 0 Å². The van der Waals surface area contributed by atoms with Crippen LogP contribution in [0.4, 0.5) is 0 Å². The molecular weight excluding hydrogens is 152 g/mol. The summed E-state index contributed by atoms with van der Waals surface area (Å²) in [4.78, 5) is 0. The van der Waals surface area contributed by atoms with E-state index in [1.807, 2.05) is 0 Å². The van der Waals surface area contributed by atoms with Gasteiger partial charge in [0, 0.05) is 7.11 Å². The van der Waals surface area contributed by atoms with Crippen LogP contribution in [0.3, 0.4) is 0 Å². The monoisotopic (exact) mass is 166 g/mol. The van der Waals surface area contributed by atoms with Crippen molar-refractivity contribution in [3.05, 3.63) is 0 Å². The van der Waals surface area contributed by atoms with Gasteiger partial charge in [0.2, 0.25) is 0 Å². The molecule has 56 valence electrons. The molecule has 0 bridgehead atoms. The molecule has 0 radical (unpaired) electrons. The summed E-state index contributed by atoms with van der Waals surface area (Å²) in [6.07, 6.45) is 0. The summed E-state index contributed by atoms with van der Waals surface area (Å²) < 4.78 is 5.03. The van der Waals surface area contributed by atoms with Gasteiger partial charge in [-0.3, -0.25) is 0 Å². The third-order valence-electron chi connectivity index (χ3n) is 1.03. The van der Waals surface area contributed by atoms with Crippen LogP contribution in [0.15, 0.2) is 0 Å². The predicted molar refractivity (Wildman–Crippen MR) is 44.3 cm³/mol. The first-order valence-corrected chi connectivity index (χ1v) is 6.16. The predicted octanol–water partition coefficient (Wildman–Crippen LogP) is 2.14. The summed E-state index contributed by atoms with van der Waals surface area (Å²) in [5.74, 6) is 0. The van der Waals surface area contributed by atoms with Crippen molar-refractivity contribution in [3.63, 3.8) is 0 Å². The Morgan fingerprint density at radius 2 is 1.89 bits per heavy atom. The molecule has 0 aromatic carbocycles. The molecule has 0 saturated carbocycles. The molecule has 0 fully saturated rings. The normalized spacial score (nSPS) is 15.7. The number of rotatable bonds is 2. The summed E-state index contributed by atoms with van der Waals surface area (Å²) in [5.41, 5.74) is 0.328. The molecule has 0 rings (SSSR count). The van der Waals surface area contributed by atoms with Crippen molar-refractivity contribution in [2.45, 2.75) is 26.8 Å². The smallest absolute Gasteiger partial charge is 0.274 e. The zero-order valence-electron chi connectivity index (χ0n) is 6.57. The third-order valence-corrected chi connectivity index (χ3v) is 4.08. The maximum Gasteiger partial charge on any atom is 0.274 e. The van der Waals surface area contributed by atoms with E-state index in [4.69, 9.17) is 15.5 Å². The molecular formula is C6H15ClOSi. The first-order valence-electron chi connectivity index (χ1n) is 3.12. The average Bonchev–Trinajstić information content (AvgIpc) is 1.62. The second kappa shape index (κ2) is 3.59. The van der Waals surface area contributed by atoms with E-state index < -0.39 is 8.35 Å². The highest BCUT2D eigenvalue weighted by Crippen LogP contribution is 2.22. The molecule has 9 heavy (non-hydrogen) atoms. The molecule has 0 aromatic rings. The molecule has 0 aromatic heterocycles. The summed E-state index contributed by atoms with van der Waals surface area (Å²) >= 11 is 5.87. The molecule has 0 saturated heterocycles. The van der Waals surface area contributed by atoms with Crippen LogP contribution in [0.2, 0.25) is 6.04 Å². The lowest BCUT2D eigenvalue weighted by Gasteiger charge is -2.19. The topological polar surface area (TPSA) is 9.23 Å². The van der Waals surface area contributed by atoms with Gasteiger partial charge in [0.25, 0.3) is 8.35 Å². The van der Waals surface area contributed by atoms with E-state index in [0.717, 1.165) is 6.04 Å². The van der Waals surface area contributed by atoms with Crippen molar-refractivity contribution in [1.29, 1.82) is 0 Å². The fourth-order valence-corrected chi connectivity index (χ4v) is 3.08. The quantitative estimate of drug-likeness (QED) is 0.451. The van der Waals surface area contributed by atoms with Gasteiger partial charge in [-0.1, -0.05) is 20.8 Å². The van der Waals surface area contributed by atoms with Crippen LogP contribution < -0.4 is 0 Å². The molecule has 0 spiro atoms. The van der Waals surface area contributed by atoms with E-state index in [1.165, 1.54) is 0 Å². The minimum absolute atomic E-state index is 0.328. The van der Waals surface area contributed by atoms with Crippen molar-refractivity contribution in [3.8, 4) is 0 Å². The van der Waals surface area contributed by atoms with Gasteiger partial charge in [-0.25, -0.2) is 0 Å². The van der Waals surface area contributed by atoms with Crippen LogP contribution in [-0.2, 0) is 4.43 Å². The molecule has 3 heteroatoms. The van der Waals surface area contributed by atoms with E-state index in [0.29, 0.717) is 5.41 Å². The fraction of sp³-hybridized carbons (Fsp3) is 1.00. The largest absolute Gasteiger partial charge is 0.409 e. The maximum atomic E-state index is 5.87. The van der Waals surface area contributed by atoms with Crippen LogP contribution in [-0.4, -0.2) is 15.5 Å². The lowest BCUT2D eigenvalue weighted by Crippen LogP contribution is -2.17. The van der Waals surface area contributed by atoms with Crippen molar-refractivity contribution in [2.75, 3.05) is 7.11 Å². The maximum absolute atomic E-state index is 5.87. The molecule has 0 heterocycles. The second-order valence-corrected chi connectivity index (χ2v) is 6.57. The summed E-state index contributed by atoms with van der Waals surface area (Å²) in [6, 6.07) is 1.03. The van der Waals surface area contributed by atoms with E-state index in [9.17, 15) is 0 Å². The Morgan fingerprint density at radius 1 is 1.44 bits per heavy atom. The lowest BCUT2D eigenvalue weighted by atomic mass is 10.0. The zero-order valence-corrected chi connectivity index (χ0v) is 8.48. The molecule has 0 amide bonds. The lowest BCUT2D eigenvalue weighted by molar-refractivity contribution is 0.394. The van der Waals surface area contributed by atoms with Gasteiger partial charge < -0.3 is 4.43 Å². The Bertz CT molecular complexity index is 79.6. The highest BCUT2D eigenvalue weighted by Gasteiger charge is 2.17. The van der Waals surface area contributed by atoms with Crippen molar-refractivity contribution in [1.82, 2.24) is 0 Å². The van der Waals surface area contributed by atoms with Crippen molar-refractivity contribution in [2.24, 2.45) is 5.41 Å². The van der Waals surface area contributed by atoms with Gasteiger partial charge in [-0.05, 0) is 11.5 Å². The Balaban J connectivity index is 3.47. The standard InChI is InChI=1S/C6H15ClOSi/c1-6(2,3)5-9(7)8-4/h9H,5H2,1-4H3. The van der Waals surface area contributed by atoms with Gasteiger partial charge in [-0.2, -0.15) is 0 Å². The van der Waals surface area contributed by atoms with Crippen LogP contribution >= 0.6 is 11.1 Å². The highest BCUT2D eigenvalue weighted by atomic mass is 35.6. The molecule has 0 aliphatic carbocycles. The Labute approximate surface area is 63.8 Å². The fourth-order valence-electron chi connectivity index (χ4n) is 0.565. The number of hydrogen-bond acceptors (Lipinski definition) is 1. The molecule has 0 aliphatic heterocycles.